The SMILES string of the molecule is CC1(COC=C2CCCC2)CS(=O)CCS1=O. The molecule has 2 rings (SSSR count). The third kappa shape index (κ3) is 3.41. The Bertz CT molecular complexity index is 357. The van der Waals surface area contributed by atoms with Crippen molar-refractivity contribution in [3.63, 3.8) is 0 Å². The largest absolute Gasteiger partial charge is 0.500 e. The van der Waals surface area contributed by atoms with Gasteiger partial charge in [0.2, 0.25) is 0 Å². The number of ether oxygens (including phenoxy) is 1. The number of hydrogen-bond donors (Lipinski definition) is 0. The Morgan fingerprint density at radius 2 is 2.00 bits per heavy atom. The summed E-state index contributed by atoms with van der Waals surface area (Å²) in [6.07, 6.45) is 6.61. The normalized spacial score (nSPS) is 38.1. The Morgan fingerprint density at radius 1 is 1.29 bits per heavy atom. The van der Waals surface area contributed by atoms with Crippen molar-refractivity contribution in [1.82, 2.24) is 0 Å². The zero-order valence-electron chi connectivity index (χ0n) is 10.3. The van der Waals surface area contributed by atoms with Crippen molar-refractivity contribution in [3.05, 3.63) is 11.8 Å². The van der Waals surface area contributed by atoms with Crippen molar-refractivity contribution < 1.29 is 13.2 Å². The summed E-state index contributed by atoms with van der Waals surface area (Å²) in [5, 5.41) is 0. The summed E-state index contributed by atoms with van der Waals surface area (Å²) >= 11 is 0. The first-order valence-electron chi connectivity index (χ1n) is 6.13. The van der Waals surface area contributed by atoms with Gasteiger partial charge in [-0.25, -0.2) is 0 Å². The molecule has 3 atom stereocenters. The Hall–Kier alpha value is -0.160. The molecule has 98 valence electrons. The number of hydrogen-bond acceptors (Lipinski definition) is 3. The molecule has 0 N–H and O–H groups in total. The van der Waals surface area contributed by atoms with Gasteiger partial charge in [-0.15, -0.1) is 0 Å². The lowest BCUT2D eigenvalue weighted by Crippen LogP contribution is -2.47. The maximum Gasteiger partial charge on any atom is 0.105 e. The van der Waals surface area contributed by atoms with Gasteiger partial charge in [0.1, 0.15) is 6.61 Å². The van der Waals surface area contributed by atoms with Crippen LogP contribution in [-0.4, -0.2) is 37.0 Å². The van der Waals surface area contributed by atoms with Crippen molar-refractivity contribution in [2.45, 2.75) is 37.4 Å². The van der Waals surface area contributed by atoms with Gasteiger partial charge >= 0.3 is 0 Å². The Morgan fingerprint density at radius 3 is 2.71 bits per heavy atom. The minimum Gasteiger partial charge on any atom is -0.500 e. The van der Waals surface area contributed by atoms with E-state index in [4.69, 9.17) is 4.74 Å². The van der Waals surface area contributed by atoms with Gasteiger partial charge < -0.3 is 4.74 Å². The van der Waals surface area contributed by atoms with Crippen LogP contribution in [-0.2, 0) is 26.3 Å². The molecule has 5 heteroatoms. The van der Waals surface area contributed by atoms with Gasteiger partial charge in [-0.2, -0.15) is 0 Å². The van der Waals surface area contributed by atoms with Crippen LogP contribution in [0, 0.1) is 0 Å². The van der Waals surface area contributed by atoms with Crippen LogP contribution in [0.25, 0.3) is 0 Å². The molecule has 0 aromatic heterocycles. The molecule has 0 bridgehead atoms. The predicted octanol–water partition coefficient (Wildman–Crippen LogP) is 1.73. The zero-order valence-corrected chi connectivity index (χ0v) is 11.9. The van der Waals surface area contributed by atoms with Gasteiger partial charge in [0.05, 0.1) is 11.0 Å². The van der Waals surface area contributed by atoms with E-state index >= 15 is 0 Å². The van der Waals surface area contributed by atoms with E-state index in [1.807, 2.05) is 13.2 Å². The predicted molar refractivity (Wildman–Crippen MR) is 71.8 cm³/mol. The van der Waals surface area contributed by atoms with E-state index in [1.54, 1.807) is 0 Å². The molecule has 1 saturated carbocycles. The van der Waals surface area contributed by atoms with E-state index in [0.717, 1.165) is 12.8 Å². The molecule has 0 spiro atoms. The van der Waals surface area contributed by atoms with Crippen LogP contribution in [0.1, 0.15) is 32.6 Å². The molecule has 0 radical (unpaired) electrons. The first kappa shape index (κ1) is 13.3. The second-order valence-electron chi connectivity index (χ2n) is 5.08. The summed E-state index contributed by atoms with van der Waals surface area (Å²) in [7, 11) is -1.74. The van der Waals surface area contributed by atoms with Crippen LogP contribution in [0.3, 0.4) is 0 Å². The van der Waals surface area contributed by atoms with Gasteiger partial charge in [0.25, 0.3) is 0 Å². The number of allylic oxidation sites excluding steroid dienone is 1. The lowest BCUT2D eigenvalue weighted by molar-refractivity contribution is 0.221. The first-order valence-corrected chi connectivity index (χ1v) is 8.94. The van der Waals surface area contributed by atoms with Gasteiger partial charge in [-0.05, 0) is 38.2 Å². The van der Waals surface area contributed by atoms with Crippen LogP contribution in [0.2, 0.25) is 0 Å². The average molecular weight is 276 g/mol. The molecule has 1 heterocycles. The third-order valence-electron chi connectivity index (χ3n) is 3.40. The van der Waals surface area contributed by atoms with Crippen molar-refractivity contribution in [2.75, 3.05) is 23.9 Å². The highest BCUT2D eigenvalue weighted by molar-refractivity contribution is 7.93. The molecule has 3 unspecified atom stereocenters. The average Bonchev–Trinajstić information content (AvgIpc) is 2.77. The molecule has 1 saturated heterocycles. The zero-order chi connectivity index (χ0) is 12.3. The topological polar surface area (TPSA) is 43.4 Å². The molecule has 1 aliphatic heterocycles. The maximum absolute atomic E-state index is 12.0. The van der Waals surface area contributed by atoms with Crippen LogP contribution in [0.4, 0.5) is 0 Å². The summed E-state index contributed by atoms with van der Waals surface area (Å²) in [6, 6.07) is 0. The maximum atomic E-state index is 12.0. The Labute approximate surface area is 108 Å². The molecule has 0 aromatic carbocycles. The van der Waals surface area contributed by atoms with Gasteiger partial charge in [0, 0.05) is 38.9 Å². The summed E-state index contributed by atoms with van der Waals surface area (Å²) < 4.78 is 28.7. The van der Waals surface area contributed by atoms with Crippen molar-refractivity contribution in [1.29, 1.82) is 0 Å². The molecular weight excluding hydrogens is 256 g/mol. The standard InChI is InChI=1S/C12H20O3S2/c1-12(10-16(13)6-7-17(12)14)9-15-8-11-4-2-3-5-11/h8H,2-7,9-10H2,1H3. The van der Waals surface area contributed by atoms with E-state index < -0.39 is 26.3 Å². The van der Waals surface area contributed by atoms with Crippen molar-refractivity contribution >= 4 is 21.6 Å². The highest BCUT2D eigenvalue weighted by Crippen LogP contribution is 2.25. The fourth-order valence-corrected chi connectivity index (χ4v) is 6.15. The lowest BCUT2D eigenvalue weighted by atomic mass is 10.2. The Balaban J connectivity index is 1.89. The molecule has 17 heavy (non-hydrogen) atoms. The summed E-state index contributed by atoms with van der Waals surface area (Å²) in [6.45, 7) is 2.35. The van der Waals surface area contributed by atoms with Crippen LogP contribution in [0.15, 0.2) is 11.8 Å². The van der Waals surface area contributed by atoms with E-state index in [9.17, 15) is 8.42 Å². The summed E-state index contributed by atoms with van der Waals surface area (Å²) in [5.74, 6) is 1.62. The highest BCUT2D eigenvalue weighted by atomic mass is 32.2. The third-order valence-corrected chi connectivity index (χ3v) is 7.39. The summed E-state index contributed by atoms with van der Waals surface area (Å²) in [5.41, 5.74) is 1.36. The Kier molecular flexibility index (Phi) is 4.42. The fraction of sp³-hybridized carbons (Fsp3) is 0.833. The van der Waals surface area contributed by atoms with Gasteiger partial charge in [0.15, 0.2) is 0 Å². The second kappa shape index (κ2) is 5.65. The van der Waals surface area contributed by atoms with E-state index in [0.29, 0.717) is 23.9 Å². The molecule has 1 aliphatic carbocycles. The molecule has 2 aliphatic rings. The minimum absolute atomic E-state index is 0.425. The quantitative estimate of drug-likeness (QED) is 0.737. The van der Waals surface area contributed by atoms with Crippen molar-refractivity contribution in [3.8, 4) is 0 Å². The lowest BCUT2D eigenvalue weighted by Gasteiger charge is -2.31. The highest BCUT2D eigenvalue weighted by Gasteiger charge is 2.38. The monoisotopic (exact) mass is 276 g/mol. The minimum atomic E-state index is -0.915. The van der Waals surface area contributed by atoms with Gasteiger partial charge in [-0.3, -0.25) is 8.42 Å². The summed E-state index contributed by atoms with van der Waals surface area (Å²) in [4.78, 5) is 0. The number of rotatable bonds is 3. The smallest absolute Gasteiger partial charge is 0.105 e. The molecule has 2 fully saturated rings. The van der Waals surface area contributed by atoms with Gasteiger partial charge in [-0.1, -0.05) is 0 Å². The van der Waals surface area contributed by atoms with Crippen molar-refractivity contribution in [2.24, 2.45) is 0 Å². The van der Waals surface area contributed by atoms with Crippen LogP contribution >= 0.6 is 0 Å². The van der Waals surface area contributed by atoms with E-state index in [2.05, 4.69) is 0 Å². The molecule has 3 nitrogen and oxygen atoms in total. The van der Waals surface area contributed by atoms with E-state index in [1.165, 1.54) is 18.4 Å². The van der Waals surface area contributed by atoms with Crippen LogP contribution in [0.5, 0.6) is 0 Å². The fourth-order valence-electron chi connectivity index (χ4n) is 2.28. The molecular formula is C12H20O3S2. The molecule has 0 amide bonds. The molecule has 0 aromatic rings. The first-order chi connectivity index (χ1) is 8.10. The second-order valence-corrected chi connectivity index (χ2v) is 8.74. The van der Waals surface area contributed by atoms with E-state index in [-0.39, 0.29) is 0 Å². The van der Waals surface area contributed by atoms with Crippen LogP contribution < -0.4 is 0 Å².